The highest BCUT2D eigenvalue weighted by Gasteiger charge is 2.18. The van der Waals surface area contributed by atoms with Crippen LogP contribution in [0.3, 0.4) is 0 Å². The molecule has 0 radical (unpaired) electrons. The molecular formula is C19H20BrN3O2. The molecule has 0 fully saturated rings. The summed E-state index contributed by atoms with van der Waals surface area (Å²) in [5.74, 6) is -0.0779. The highest BCUT2D eigenvalue weighted by atomic mass is 79.9. The van der Waals surface area contributed by atoms with Crippen LogP contribution in [-0.2, 0) is 0 Å². The molecule has 2 aromatic rings. The summed E-state index contributed by atoms with van der Waals surface area (Å²) in [6.45, 7) is 3.97. The van der Waals surface area contributed by atoms with Gasteiger partial charge >= 0.3 is 0 Å². The van der Waals surface area contributed by atoms with Gasteiger partial charge in [0.05, 0.1) is 6.67 Å². The normalized spacial score (nSPS) is 14.9. The Morgan fingerprint density at radius 2 is 2.20 bits per heavy atom. The molecule has 1 aromatic heterocycles. The molecule has 0 atom stereocenters. The number of hydrogen-bond acceptors (Lipinski definition) is 3. The summed E-state index contributed by atoms with van der Waals surface area (Å²) in [7, 11) is 0. The van der Waals surface area contributed by atoms with E-state index in [1.54, 1.807) is 6.07 Å². The number of amides is 1. The van der Waals surface area contributed by atoms with Gasteiger partial charge in [-0.25, -0.2) is 0 Å². The minimum atomic E-state index is -0.0779. The van der Waals surface area contributed by atoms with Gasteiger partial charge in [-0.1, -0.05) is 22.0 Å². The summed E-state index contributed by atoms with van der Waals surface area (Å²) in [5, 5.41) is 14.8. The van der Waals surface area contributed by atoms with Crippen molar-refractivity contribution in [2.45, 2.75) is 13.3 Å². The highest BCUT2D eigenvalue weighted by molar-refractivity contribution is 9.10. The van der Waals surface area contributed by atoms with Crippen LogP contribution in [0.5, 0.6) is 0 Å². The van der Waals surface area contributed by atoms with Gasteiger partial charge in [0.15, 0.2) is 6.20 Å². The van der Waals surface area contributed by atoms with E-state index in [1.165, 1.54) is 6.20 Å². The van der Waals surface area contributed by atoms with E-state index in [4.69, 9.17) is 0 Å². The number of halogens is 1. The van der Waals surface area contributed by atoms with Gasteiger partial charge in [-0.05, 0) is 43.2 Å². The molecule has 0 bridgehead atoms. The Balaban J connectivity index is 1.56. The molecule has 3 rings (SSSR count). The zero-order valence-electron chi connectivity index (χ0n) is 14.0. The Morgan fingerprint density at radius 1 is 1.36 bits per heavy atom. The van der Waals surface area contributed by atoms with Crippen molar-refractivity contribution >= 4 is 27.4 Å². The zero-order chi connectivity index (χ0) is 17.8. The molecule has 1 amide bonds. The van der Waals surface area contributed by atoms with Gasteiger partial charge in [0.25, 0.3) is 5.91 Å². The third kappa shape index (κ3) is 4.27. The van der Waals surface area contributed by atoms with E-state index >= 15 is 0 Å². The molecule has 6 heteroatoms. The van der Waals surface area contributed by atoms with Crippen LogP contribution >= 0.6 is 15.9 Å². The number of carbonyl (C=O) groups is 1. The number of hydrogen-bond donors (Lipinski definition) is 1. The van der Waals surface area contributed by atoms with Gasteiger partial charge in [0, 0.05) is 40.8 Å². The number of aromatic nitrogens is 1. The predicted molar refractivity (Wildman–Crippen MR) is 101 cm³/mol. The van der Waals surface area contributed by atoms with Gasteiger partial charge in [-0.2, -0.15) is 4.73 Å². The van der Waals surface area contributed by atoms with E-state index in [0.717, 1.165) is 33.3 Å². The quantitative estimate of drug-likeness (QED) is 0.632. The fourth-order valence-electron chi connectivity index (χ4n) is 2.84. The number of nitrogens with zero attached hydrogens (tertiary/aromatic N) is 2. The molecule has 2 heterocycles. The lowest BCUT2D eigenvalue weighted by Gasteiger charge is -2.25. The number of carbonyl (C=O) groups excluding carboxylic acids is 1. The van der Waals surface area contributed by atoms with Gasteiger partial charge in [-0.15, -0.1) is 0 Å². The molecule has 1 aromatic carbocycles. The Labute approximate surface area is 155 Å². The van der Waals surface area contributed by atoms with Gasteiger partial charge in [0.1, 0.15) is 0 Å². The summed E-state index contributed by atoms with van der Waals surface area (Å²) < 4.78 is 1.90. The van der Waals surface area contributed by atoms with E-state index in [2.05, 4.69) is 32.2 Å². The molecule has 0 unspecified atom stereocenters. The lowest BCUT2D eigenvalue weighted by atomic mass is 10.0. The SMILES string of the molecule is Cc1cc(C(=O)NCN2CC=C(c3cccc[n+]3[O-])CC2)ccc1Br. The van der Waals surface area contributed by atoms with Crippen molar-refractivity contribution < 1.29 is 9.52 Å². The third-order valence-electron chi connectivity index (χ3n) is 4.33. The van der Waals surface area contributed by atoms with E-state index in [1.807, 2.05) is 37.3 Å². The number of nitrogens with one attached hydrogen (secondary N) is 1. The minimum Gasteiger partial charge on any atom is -0.618 e. The maximum absolute atomic E-state index is 12.3. The van der Waals surface area contributed by atoms with Gasteiger partial charge in [-0.3, -0.25) is 9.69 Å². The minimum absolute atomic E-state index is 0.0779. The Hall–Kier alpha value is -2.18. The second-order valence-electron chi connectivity index (χ2n) is 6.10. The van der Waals surface area contributed by atoms with Crippen LogP contribution in [0.25, 0.3) is 5.57 Å². The molecular weight excluding hydrogens is 382 g/mol. The van der Waals surface area contributed by atoms with Crippen LogP contribution in [0, 0.1) is 12.1 Å². The first-order valence-electron chi connectivity index (χ1n) is 8.19. The van der Waals surface area contributed by atoms with Crippen molar-refractivity contribution in [3.63, 3.8) is 0 Å². The zero-order valence-corrected chi connectivity index (χ0v) is 15.6. The molecule has 1 aliphatic rings. The van der Waals surface area contributed by atoms with E-state index < -0.39 is 0 Å². The summed E-state index contributed by atoms with van der Waals surface area (Å²) in [4.78, 5) is 14.4. The summed E-state index contributed by atoms with van der Waals surface area (Å²) >= 11 is 3.44. The van der Waals surface area contributed by atoms with Crippen molar-refractivity contribution in [1.82, 2.24) is 10.2 Å². The fraction of sp³-hybridized carbons (Fsp3) is 0.263. The lowest BCUT2D eigenvalue weighted by Crippen LogP contribution is -2.40. The first-order chi connectivity index (χ1) is 12.0. The van der Waals surface area contributed by atoms with Crippen LogP contribution in [0.15, 0.2) is 53.1 Å². The smallest absolute Gasteiger partial charge is 0.252 e. The average Bonchev–Trinajstić information content (AvgIpc) is 2.63. The highest BCUT2D eigenvalue weighted by Crippen LogP contribution is 2.19. The maximum atomic E-state index is 12.3. The van der Waals surface area contributed by atoms with Crippen molar-refractivity contribution in [1.29, 1.82) is 0 Å². The molecule has 0 aliphatic carbocycles. The van der Waals surface area contributed by atoms with Crippen LogP contribution in [0.4, 0.5) is 0 Å². The standard InChI is InChI=1S/C19H20BrN3O2/c1-14-12-16(5-6-17(14)20)19(24)21-13-22-10-7-15(8-11-22)18-4-2-3-9-23(18)25/h2-7,9,12H,8,10-11,13H2,1H3,(H,21,24). The molecule has 1 N–H and O–H groups in total. The van der Waals surface area contributed by atoms with Gasteiger partial charge in [0.2, 0.25) is 5.69 Å². The molecule has 5 nitrogen and oxygen atoms in total. The molecule has 0 saturated carbocycles. The lowest BCUT2D eigenvalue weighted by molar-refractivity contribution is -0.608. The van der Waals surface area contributed by atoms with Crippen molar-refractivity contribution in [3.8, 4) is 0 Å². The number of aryl methyl sites for hydroxylation is 1. The van der Waals surface area contributed by atoms with E-state index in [0.29, 0.717) is 24.5 Å². The van der Waals surface area contributed by atoms with Crippen LogP contribution < -0.4 is 10.0 Å². The molecule has 0 saturated heterocycles. The van der Waals surface area contributed by atoms with Crippen molar-refractivity contribution in [3.05, 3.63) is 75.2 Å². The van der Waals surface area contributed by atoms with E-state index in [9.17, 15) is 10.0 Å². The first-order valence-corrected chi connectivity index (χ1v) is 8.98. The second kappa shape index (κ2) is 7.80. The average molecular weight is 402 g/mol. The topological polar surface area (TPSA) is 59.3 Å². The number of pyridine rings is 1. The third-order valence-corrected chi connectivity index (χ3v) is 5.22. The first kappa shape index (κ1) is 17.6. The Bertz CT molecular complexity index is 820. The van der Waals surface area contributed by atoms with Gasteiger partial charge < -0.3 is 10.5 Å². The number of rotatable bonds is 4. The molecule has 1 aliphatic heterocycles. The predicted octanol–water partition coefficient (Wildman–Crippen LogP) is 2.87. The monoisotopic (exact) mass is 401 g/mol. The van der Waals surface area contributed by atoms with Crippen LogP contribution in [0.1, 0.15) is 28.0 Å². The Kier molecular flexibility index (Phi) is 5.50. The maximum Gasteiger partial charge on any atom is 0.252 e. The van der Waals surface area contributed by atoms with E-state index in [-0.39, 0.29) is 5.91 Å². The number of benzene rings is 1. The fourth-order valence-corrected chi connectivity index (χ4v) is 3.08. The van der Waals surface area contributed by atoms with Crippen LogP contribution in [-0.4, -0.2) is 30.6 Å². The summed E-state index contributed by atoms with van der Waals surface area (Å²) in [6, 6.07) is 11.0. The molecule has 25 heavy (non-hydrogen) atoms. The molecule has 130 valence electrons. The summed E-state index contributed by atoms with van der Waals surface area (Å²) in [5.41, 5.74) is 3.45. The van der Waals surface area contributed by atoms with Crippen molar-refractivity contribution in [2.75, 3.05) is 19.8 Å². The summed E-state index contributed by atoms with van der Waals surface area (Å²) in [6.07, 6.45) is 4.37. The van der Waals surface area contributed by atoms with Crippen molar-refractivity contribution in [2.24, 2.45) is 0 Å². The largest absolute Gasteiger partial charge is 0.618 e. The van der Waals surface area contributed by atoms with Crippen LogP contribution in [0.2, 0.25) is 0 Å². The second-order valence-corrected chi connectivity index (χ2v) is 6.95. The Morgan fingerprint density at radius 3 is 2.88 bits per heavy atom. The molecule has 0 spiro atoms.